The van der Waals surface area contributed by atoms with Gasteiger partial charge in [-0.1, -0.05) is 34.1 Å². The molecule has 1 N–H and O–H groups in total. The van der Waals surface area contributed by atoms with Crippen LogP contribution < -0.4 is 5.32 Å². The summed E-state index contributed by atoms with van der Waals surface area (Å²) in [5, 5.41) is 2.28. The zero-order chi connectivity index (χ0) is 17.0. The number of rotatable bonds is 10. The number of amides is 1. The molecule has 0 saturated heterocycles. The van der Waals surface area contributed by atoms with Crippen LogP contribution in [0.4, 0.5) is 4.79 Å². The van der Waals surface area contributed by atoms with E-state index >= 15 is 0 Å². The van der Waals surface area contributed by atoms with Gasteiger partial charge in [0.15, 0.2) is 6.73 Å². The fraction of sp³-hybridized carbons (Fsp3) is 0.800. The average molecular weight is 317 g/mol. The number of carbonyl (C=O) groups is 3. The molecule has 0 aliphatic rings. The Labute approximate surface area is 131 Å². The van der Waals surface area contributed by atoms with Gasteiger partial charge in [-0.25, -0.2) is 4.79 Å². The predicted octanol–water partition coefficient (Wildman–Crippen LogP) is 2.24. The molecule has 0 heterocycles. The highest BCUT2D eigenvalue weighted by Crippen LogP contribution is 2.06. The first-order valence-corrected chi connectivity index (χ1v) is 7.55. The topological polar surface area (TPSA) is 90.9 Å². The second-order valence-electron chi connectivity index (χ2n) is 5.58. The lowest BCUT2D eigenvalue weighted by Gasteiger charge is -2.09. The van der Waals surface area contributed by atoms with E-state index in [2.05, 4.69) is 19.2 Å². The lowest BCUT2D eigenvalue weighted by molar-refractivity contribution is -0.148. The van der Waals surface area contributed by atoms with Crippen molar-refractivity contribution < 1.29 is 28.6 Å². The highest BCUT2D eigenvalue weighted by molar-refractivity contribution is 5.71. The van der Waals surface area contributed by atoms with E-state index in [1.54, 1.807) is 13.8 Å². The number of esters is 2. The Bertz CT molecular complexity index is 354. The van der Waals surface area contributed by atoms with Gasteiger partial charge < -0.3 is 14.2 Å². The molecule has 0 fully saturated rings. The maximum atomic E-state index is 11.3. The van der Waals surface area contributed by atoms with Gasteiger partial charge in [-0.05, 0) is 12.3 Å². The molecule has 0 aliphatic carbocycles. The molecule has 0 atom stereocenters. The summed E-state index contributed by atoms with van der Waals surface area (Å²) in [5.41, 5.74) is 0. The lowest BCUT2D eigenvalue weighted by Crippen LogP contribution is -2.29. The molecule has 0 aromatic heterocycles. The van der Waals surface area contributed by atoms with Crippen molar-refractivity contribution in [3.63, 3.8) is 0 Å². The molecule has 7 nitrogen and oxygen atoms in total. The Balaban J connectivity index is 3.53. The Morgan fingerprint density at radius 1 is 0.955 bits per heavy atom. The van der Waals surface area contributed by atoms with Crippen molar-refractivity contribution >= 4 is 18.0 Å². The Morgan fingerprint density at radius 2 is 1.59 bits per heavy atom. The van der Waals surface area contributed by atoms with Crippen LogP contribution in [-0.4, -0.2) is 38.0 Å². The minimum absolute atomic E-state index is 0.000572. The smallest absolute Gasteiger partial charge is 0.409 e. The molecule has 1 amide bonds. The first-order chi connectivity index (χ1) is 10.3. The Kier molecular flexibility index (Phi) is 10.9. The fourth-order valence-electron chi connectivity index (χ4n) is 1.40. The molecule has 0 spiro atoms. The van der Waals surface area contributed by atoms with Crippen LogP contribution in [0.15, 0.2) is 0 Å². The number of carbonyl (C=O) groups excluding carboxylic acids is 3. The summed E-state index contributed by atoms with van der Waals surface area (Å²) in [6.07, 6.45) is 1.33. The first-order valence-electron chi connectivity index (χ1n) is 7.55. The van der Waals surface area contributed by atoms with Crippen LogP contribution >= 0.6 is 0 Å². The summed E-state index contributed by atoms with van der Waals surface area (Å²) in [5.74, 6) is -0.374. The van der Waals surface area contributed by atoms with Gasteiger partial charge in [-0.3, -0.25) is 14.9 Å². The molecule has 0 bridgehead atoms. The summed E-state index contributed by atoms with van der Waals surface area (Å²) in [4.78, 5) is 33.7. The predicted molar refractivity (Wildman–Crippen MR) is 79.9 cm³/mol. The van der Waals surface area contributed by atoms with Crippen LogP contribution in [0.1, 0.15) is 47.0 Å². The second kappa shape index (κ2) is 11.8. The van der Waals surface area contributed by atoms with E-state index in [0.29, 0.717) is 12.3 Å². The van der Waals surface area contributed by atoms with E-state index in [1.807, 2.05) is 0 Å². The van der Waals surface area contributed by atoms with Gasteiger partial charge in [0.25, 0.3) is 0 Å². The molecule has 0 unspecified atom stereocenters. The zero-order valence-corrected chi connectivity index (χ0v) is 13.8. The molecule has 0 radical (unpaired) electrons. The Hall–Kier alpha value is -1.79. The van der Waals surface area contributed by atoms with Gasteiger partial charge in [0.2, 0.25) is 0 Å². The third-order valence-corrected chi connectivity index (χ3v) is 2.64. The monoisotopic (exact) mass is 317 g/mol. The minimum Gasteiger partial charge on any atom is -0.462 e. The van der Waals surface area contributed by atoms with E-state index < -0.39 is 6.09 Å². The van der Waals surface area contributed by atoms with Crippen molar-refractivity contribution in [2.75, 3.05) is 19.9 Å². The molecule has 0 aliphatic heterocycles. The van der Waals surface area contributed by atoms with Crippen LogP contribution in [0, 0.1) is 11.8 Å². The number of nitrogens with one attached hydrogen (secondary N) is 1. The van der Waals surface area contributed by atoms with E-state index in [-0.39, 0.29) is 37.8 Å². The zero-order valence-electron chi connectivity index (χ0n) is 13.8. The normalized spacial score (nSPS) is 10.5. The lowest BCUT2D eigenvalue weighted by atomic mass is 10.1. The van der Waals surface area contributed by atoms with Gasteiger partial charge in [0.05, 0.1) is 5.92 Å². The number of ether oxygens (including phenoxy) is 3. The summed E-state index contributed by atoms with van der Waals surface area (Å²) < 4.78 is 14.4. The molecule has 7 heteroatoms. The molecular formula is C15H27NO6. The molecule has 128 valence electrons. The largest absolute Gasteiger partial charge is 0.462 e. The maximum absolute atomic E-state index is 11.3. The molecule has 22 heavy (non-hydrogen) atoms. The van der Waals surface area contributed by atoms with Gasteiger partial charge in [0.1, 0.15) is 13.2 Å². The molecular weight excluding hydrogens is 290 g/mol. The van der Waals surface area contributed by atoms with Gasteiger partial charge in [0, 0.05) is 6.42 Å². The number of hydrogen-bond acceptors (Lipinski definition) is 6. The van der Waals surface area contributed by atoms with Gasteiger partial charge in [-0.15, -0.1) is 0 Å². The van der Waals surface area contributed by atoms with Crippen LogP contribution in [0.25, 0.3) is 0 Å². The van der Waals surface area contributed by atoms with Crippen molar-refractivity contribution in [1.82, 2.24) is 5.32 Å². The molecule has 0 rings (SSSR count). The van der Waals surface area contributed by atoms with Crippen LogP contribution in [0.3, 0.4) is 0 Å². The third kappa shape index (κ3) is 12.0. The standard InChI is InChI=1S/C15H27NO6/c1-11(2)6-5-7-13(17)22-10-16-15(19)21-9-8-20-14(18)12(3)4/h11-12H,5-10H2,1-4H3,(H,16,19). The van der Waals surface area contributed by atoms with Crippen molar-refractivity contribution in [3.05, 3.63) is 0 Å². The van der Waals surface area contributed by atoms with Crippen molar-refractivity contribution in [2.24, 2.45) is 11.8 Å². The highest BCUT2D eigenvalue weighted by atomic mass is 16.6. The van der Waals surface area contributed by atoms with Gasteiger partial charge in [-0.2, -0.15) is 0 Å². The number of hydrogen-bond donors (Lipinski definition) is 1. The van der Waals surface area contributed by atoms with Crippen LogP contribution in [0.2, 0.25) is 0 Å². The summed E-state index contributed by atoms with van der Waals surface area (Å²) in [6.45, 7) is 7.32. The summed E-state index contributed by atoms with van der Waals surface area (Å²) >= 11 is 0. The maximum Gasteiger partial charge on any atom is 0.409 e. The van der Waals surface area contributed by atoms with E-state index in [1.165, 1.54) is 0 Å². The van der Waals surface area contributed by atoms with Crippen molar-refractivity contribution in [3.8, 4) is 0 Å². The first kappa shape index (κ1) is 20.2. The fourth-order valence-corrected chi connectivity index (χ4v) is 1.40. The molecule has 0 aromatic rings. The SMILES string of the molecule is CC(C)CCCC(=O)OCNC(=O)OCCOC(=O)C(C)C. The second-order valence-corrected chi connectivity index (χ2v) is 5.58. The molecule has 0 saturated carbocycles. The molecule has 0 aromatic carbocycles. The average Bonchev–Trinajstić information content (AvgIpc) is 2.42. The van der Waals surface area contributed by atoms with E-state index in [0.717, 1.165) is 12.8 Å². The summed E-state index contributed by atoms with van der Waals surface area (Å²) in [7, 11) is 0. The number of alkyl carbamates (subject to hydrolysis) is 1. The quantitative estimate of drug-likeness (QED) is 0.287. The Morgan fingerprint density at radius 3 is 2.18 bits per heavy atom. The van der Waals surface area contributed by atoms with Crippen molar-refractivity contribution in [2.45, 2.75) is 47.0 Å². The van der Waals surface area contributed by atoms with Gasteiger partial charge >= 0.3 is 18.0 Å². The summed E-state index contributed by atoms with van der Waals surface area (Å²) in [6, 6.07) is 0. The minimum atomic E-state index is -0.726. The third-order valence-electron chi connectivity index (χ3n) is 2.64. The van der Waals surface area contributed by atoms with E-state index in [9.17, 15) is 14.4 Å². The van der Waals surface area contributed by atoms with Crippen molar-refractivity contribution in [1.29, 1.82) is 0 Å². The highest BCUT2D eigenvalue weighted by Gasteiger charge is 2.09. The van der Waals surface area contributed by atoms with E-state index in [4.69, 9.17) is 14.2 Å². The van der Waals surface area contributed by atoms with Crippen LogP contribution in [0.5, 0.6) is 0 Å². The van der Waals surface area contributed by atoms with Crippen LogP contribution in [-0.2, 0) is 23.8 Å².